The van der Waals surface area contributed by atoms with E-state index in [1.54, 1.807) is 0 Å². The third-order valence-corrected chi connectivity index (χ3v) is 1.29. The van der Waals surface area contributed by atoms with Gasteiger partial charge in [-0.25, -0.2) is 9.13 Å². The molecule has 0 saturated carbocycles. The molecule has 0 spiro atoms. The van der Waals surface area contributed by atoms with Gasteiger partial charge in [-0.1, -0.05) is 6.42 Å². The predicted molar refractivity (Wildman–Crippen MR) is 68.2 cm³/mol. The molecule has 0 aromatic carbocycles. The van der Waals surface area contributed by atoms with E-state index in [4.69, 9.17) is 55.1 Å². The van der Waals surface area contributed by atoms with Gasteiger partial charge in [0, 0.05) is 0 Å². The van der Waals surface area contributed by atoms with Gasteiger partial charge in [0.2, 0.25) is 0 Å². The normalized spacial score (nSPS) is 11.8. The minimum absolute atomic E-state index is 0. The summed E-state index contributed by atoms with van der Waals surface area (Å²) >= 11 is 0. The molecule has 0 rings (SSSR count). The summed E-state index contributed by atoms with van der Waals surface area (Å²) in [7, 11) is -9.28. The number of phosphoric acid groups is 2. The molecule has 0 aliphatic heterocycles. The topological polar surface area (TPSA) is 245 Å². The Morgan fingerprint density at radius 2 is 1.29 bits per heavy atom. The molecular weight excluding hydrogens is 345 g/mol. The van der Waals surface area contributed by atoms with E-state index in [1.165, 1.54) is 0 Å². The first-order valence-corrected chi connectivity index (χ1v) is 8.06. The summed E-state index contributed by atoms with van der Waals surface area (Å²) in [6.45, 7) is 0.604. The van der Waals surface area contributed by atoms with Crippen molar-refractivity contribution in [1.82, 2.24) is 0 Å². The molecule has 0 unspecified atom stereocenters. The van der Waals surface area contributed by atoms with Crippen LogP contribution in [0, 0.1) is 0 Å². The van der Waals surface area contributed by atoms with Gasteiger partial charge in [-0.05, 0) is 19.4 Å². The largest absolute Gasteiger partial charge is 1.00 e. The van der Waals surface area contributed by atoms with E-state index in [0.717, 1.165) is 12.8 Å². The van der Waals surface area contributed by atoms with Gasteiger partial charge in [0.1, 0.15) is 6.04 Å². The first kappa shape index (κ1) is 29.6. The molecule has 0 aliphatic carbocycles. The fraction of sp³-hybridized carbons (Fsp3) is 0.833. The van der Waals surface area contributed by atoms with Crippen LogP contribution in [0.2, 0.25) is 0 Å². The number of carboxylic acid groups (broad SMARTS) is 1. The summed E-state index contributed by atoms with van der Waals surface area (Å²) in [5, 5.41) is 8.33. The molecule has 0 radical (unpaired) electrons. The van der Waals surface area contributed by atoms with Crippen LogP contribution in [0.1, 0.15) is 20.7 Å². The van der Waals surface area contributed by atoms with E-state index >= 15 is 0 Å². The Labute approximate surface area is 144 Å². The van der Waals surface area contributed by atoms with E-state index in [9.17, 15) is 4.79 Å². The van der Waals surface area contributed by atoms with Crippen molar-refractivity contribution in [1.29, 1.82) is 0 Å². The van der Waals surface area contributed by atoms with Crippen molar-refractivity contribution >= 4 is 21.6 Å². The maximum absolute atomic E-state index is 10.1. The molecule has 21 heavy (non-hydrogen) atoms. The van der Waals surface area contributed by atoms with E-state index < -0.39 is 27.7 Å². The smallest absolute Gasteiger partial charge is 1.00 e. The number of aliphatic carboxylic acids is 1. The monoisotopic (exact) mass is 366 g/mol. The van der Waals surface area contributed by atoms with E-state index in [-0.39, 0.29) is 31.0 Å². The van der Waals surface area contributed by atoms with Gasteiger partial charge in [-0.2, -0.15) is 0 Å². The molecule has 0 heterocycles. The summed E-state index contributed by atoms with van der Waals surface area (Å²) in [5.74, 6) is -0.933. The molecule has 11 N–H and O–H groups in total. The summed E-state index contributed by atoms with van der Waals surface area (Å²) in [5.41, 5.74) is 10.4. The SMILES string of the molecule is NCCCC[C@H](N)C(=O)O.O=P(O)(O)O.O=P(O)(O)O.[H-].[Na+]. The van der Waals surface area contributed by atoms with Gasteiger partial charge in [0.15, 0.2) is 0 Å². The molecule has 0 fully saturated rings. The van der Waals surface area contributed by atoms with Crippen molar-refractivity contribution in [2.24, 2.45) is 11.5 Å². The number of carbonyl (C=O) groups is 1. The summed E-state index contributed by atoms with van der Waals surface area (Å²) in [4.78, 5) is 53.3. The van der Waals surface area contributed by atoms with Crippen molar-refractivity contribution in [3.8, 4) is 0 Å². The van der Waals surface area contributed by atoms with Crippen molar-refractivity contribution in [3.05, 3.63) is 0 Å². The Hall–Kier alpha value is 0.610. The van der Waals surface area contributed by atoms with Crippen LogP contribution in [0.5, 0.6) is 0 Å². The Morgan fingerprint density at radius 1 is 1.00 bits per heavy atom. The third-order valence-electron chi connectivity index (χ3n) is 1.29. The number of rotatable bonds is 5. The number of carboxylic acids is 1. The Kier molecular flexibility index (Phi) is 21.9. The average molecular weight is 366 g/mol. The second-order valence-corrected chi connectivity index (χ2v) is 5.31. The van der Waals surface area contributed by atoms with Crippen molar-refractivity contribution in [3.63, 3.8) is 0 Å². The molecule has 0 aromatic heterocycles. The zero-order valence-electron chi connectivity index (χ0n) is 12.3. The zero-order chi connectivity index (χ0) is 17.0. The van der Waals surface area contributed by atoms with Crippen molar-refractivity contribution < 1.29 is 79.4 Å². The molecule has 1 atom stereocenters. The Morgan fingerprint density at radius 3 is 1.48 bits per heavy atom. The van der Waals surface area contributed by atoms with Gasteiger partial charge in [0.25, 0.3) is 0 Å². The quantitative estimate of drug-likeness (QED) is 0.126. The molecule has 0 aromatic rings. The van der Waals surface area contributed by atoms with Crippen LogP contribution in [0.3, 0.4) is 0 Å². The minimum Gasteiger partial charge on any atom is -1.00 e. The summed E-state index contributed by atoms with van der Waals surface area (Å²) < 4.78 is 17.8. The number of nitrogens with two attached hydrogens (primary N) is 2. The molecular formula is C6H21N2NaO10P2. The third kappa shape index (κ3) is 77.3. The van der Waals surface area contributed by atoms with Gasteiger partial charge >= 0.3 is 51.2 Å². The summed E-state index contributed by atoms with van der Waals surface area (Å²) in [6.07, 6.45) is 2.16. The molecule has 0 amide bonds. The maximum atomic E-state index is 10.1. The van der Waals surface area contributed by atoms with Crippen LogP contribution in [0.4, 0.5) is 0 Å². The molecule has 0 aliphatic rings. The predicted octanol–water partition coefficient (Wildman–Crippen LogP) is -5.21. The number of unbranched alkanes of at least 4 members (excludes halogenated alkanes) is 1. The first-order chi connectivity index (χ1) is 8.68. The maximum Gasteiger partial charge on any atom is 1.00 e. The van der Waals surface area contributed by atoms with Crippen LogP contribution < -0.4 is 41.0 Å². The molecule has 12 nitrogen and oxygen atoms in total. The standard InChI is InChI=1S/C6H14N2O2.Na.2H3O4P.H/c7-4-2-1-3-5(8)6(9)10;;2*1-5(2,3)4;/h5H,1-4,7-8H2,(H,9,10);;2*(H3,1,2,3,4);/q;+1;;;-1/t5-;;;;/m0..../s1. The fourth-order valence-corrected chi connectivity index (χ4v) is 0.632. The van der Waals surface area contributed by atoms with Crippen LogP contribution in [0.25, 0.3) is 0 Å². The second-order valence-electron chi connectivity index (χ2n) is 3.26. The molecule has 15 heteroatoms. The minimum atomic E-state index is -4.64. The Balaban J connectivity index is -0.0000000692. The second kappa shape index (κ2) is 15.5. The summed E-state index contributed by atoms with van der Waals surface area (Å²) in [6, 6.07) is -0.716. The molecule has 126 valence electrons. The van der Waals surface area contributed by atoms with Crippen LogP contribution in [-0.2, 0) is 13.9 Å². The fourth-order valence-electron chi connectivity index (χ4n) is 0.632. The van der Waals surface area contributed by atoms with Gasteiger partial charge in [-0.15, -0.1) is 0 Å². The molecule has 0 saturated heterocycles. The van der Waals surface area contributed by atoms with Crippen LogP contribution in [0.15, 0.2) is 0 Å². The van der Waals surface area contributed by atoms with Crippen molar-refractivity contribution in [2.75, 3.05) is 6.54 Å². The van der Waals surface area contributed by atoms with Gasteiger partial charge < -0.3 is 47.4 Å². The van der Waals surface area contributed by atoms with E-state index in [2.05, 4.69) is 0 Å². The van der Waals surface area contributed by atoms with E-state index in [0.29, 0.717) is 13.0 Å². The van der Waals surface area contributed by atoms with Crippen molar-refractivity contribution in [2.45, 2.75) is 25.3 Å². The van der Waals surface area contributed by atoms with Gasteiger partial charge in [0.05, 0.1) is 0 Å². The number of hydrogen-bond donors (Lipinski definition) is 9. The van der Waals surface area contributed by atoms with E-state index in [1.807, 2.05) is 0 Å². The first-order valence-electron chi connectivity index (χ1n) is 4.93. The average Bonchev–Trinajstić information content (AvgIpc) is 2.12. The Bertz CT molecular complexity index is 314. The van der Waals surface area contributed by atoms with Gasteiger partial charge in [-0.3, -0.25) is 4.79 Å². The molecule has 0 bridgehead atoms. The zero-order valence-corrected chi connectivity index (χ0v) is 15.1. The van der Waals surface area contributed by atoms with Crippen LogP contribution >= 0.6 is 15.6 Å². The number of hydrogen-bond acceptors (Lipinski definition) is 5. The van der Waals surface area contributed by atoms with Crippen LogP contribution in [-0.4, -0.2) is 53.0 Å².